The molecule has 1 aromatic carbocycles. The van der Waals surface area contributed by atoms with Gasteiger partial charge in [-0.1, -0.05) is 12.1 Å². The van der Waals surface area contributed by atoms with Gasteiger partial charge < -0.3 is 19.6 Å². The van der Waals surface area contributed by atoms with Crippen LogP contribution in [-0.2, 0) is 11.3 Å². The maximum atomic E-state index is 11.5. The molecule has 22 heavy (non-hydrogen) atoms. The van der Waals surface area contributed by atoms with Gasteiger partial charge in [0, 0.05) is 0 Å². The van der Waals surface area contributed by atoms with Crippen LogP contribution in [0.2, 0.25) is 0 Å². The van der Waals surface area contributed by atoms with Crippen molar-refractivity contribution in [3.8, 4) is 5.75 Å². The molecular formula is C15H14N2O5. The second-order valence-electron chi connectivity index (χ2n) is 4.29. The molecule has 0 aliphatic rings. The van der Waals surface area contributed by atoms with E-state index in [4.69, 9.17) is 9.47 Å². The highest BCUT2D eigenvalue weighted by Crippen LogP contribution is 2.23. The minimum absolute atomic E-state index is 0.0990. The zero-order valence-corrected chi connectivity index (χ0v) is 11.9. The van der Waals surface area contributed by atoms with Crippen LogP contribution in [-0.4, -0.2) is 22.5 Å². The Balaban J connectivity index is 2.03. The van der Waals surface area contributed by atoms with Crippen molar-refractivity contribution in [2.45, 2.75) is 13.5 Å². The Morgan fingerprint density at radius 3 is 2.64 bits per heavy atom. The molecular weight excluding hydrogens is 288 g/mol. The van der Waals surface area contributed by atoms with E-state index in [-0.39, 0.29) is 18.2 Å². The number of benzene rings is 1. The van der Waals surface area contributed by atoms with Crippen molar-refractivity contribution < 1.29 is 19.2 Å². The van der Waals surface area contributed by atoms with Gasteiger partial charge in [-0.05, 0) is 46.7 Å². The number of pyridine rings is 1. The highest BCUT2D eigenvalue weighted by molar-refractivity contribution is 5.89. The number of aromatic nitrogens is 1. The van der Waals surface area contributed by atoms with Crippen molar-refractivity contribution in [3.05, 3.63) is 63.8 Å². The van der Waals surface area contributed by atoms with E-state index in [2.05, 4.69) is 4.98 Å². The van der Waals surface area contributed by atoms with E-state index in [9.17, 15) is 14.9 Å². The van der Waals surface area contributed by atoms with Crippen molar-refractivity contribution in [1.29, 1.82) is 0 Å². The second-order valence-corrected chi connectivity index (χ2v) is 4.29. The number of carbonyl (C=O) groups excluding carboxylic acids is 1. The number of carbonyl (C=O) groups is 1. The molecule has 0 spiro atoms. The van der Waals surface area contributed by atoms with Crippen LogP contribution in [0.5, 0.6) is 5.75 Å². The number of ether oxygens (including phenoxy) is 2. The lowest BCUT2D eigenvalue weighted by Gasteiger charge is -2.07. The summed E-state index contributed by atoms with van der Waals surface area (Å²) in [6.45, 7) is 2.19. The third-order valence-electron chi connectivity index (χ3n) is 2.78. The van der Waals surface area contributed by atoms with Crippen LogP contribution < -0.4 is 4.74 Å². The second kappa shape index (κ2) is 7.16. The van der Waals surface area contributed by atoms with Gasteiger partial charge in [0.05, 0.1) is 12.2 Å². The Morgan fingerprint density at radius 2 is 2.00 bits per heavy atom. The van der Waals surface area contributed by atoms with Crippen LogP contribution in [0.15, 0.2) is 42.6 Å². The first-order valence-corrected chi connectivity index (χ1v) is 6.60. The molecule has 0 aliphatic carbocycles. The summed E-state index contributed by atoms with van der Waals surface area (Å²) in [6.07, 6.45) is 1.33. The Labute approximate surface area is 126 Å². The Hall–Kier alpha value is -2.96. The first-order chi connectivity index (χ1) is 10.6. The van der Waals surface area contributed by atoms with Gasteiger partial charge in [0.15, 0.2) is 0 Å². The highest BCUT2D eigenvalue weighted by atomic mass is 16.6. The topological polar surface area (TPSA) is 91.6 Å². The van der Waals surface area contributed by atoms with Gasteiger partial charge in [0.1, 0.15) is 12.8 Å². The number of esters is 1. The molecule has 2 aromatic rings. The van der Waals surface area contributed by atoms with Crippen LogP contribution in [0.1, 0.15) is 22.8 Å². The molecule has 7 heteroatoms. The number of nitrogens with zero attached hydrogens (tertiary/aromatic N) is 2. The monoisotopic (exact) mass is 302 g/mol. The van der Waals surface area contributed by atoms with Crippen LogP contribution in [0, 0.1) is 10.1 Å². The molecule has 0 saturated heterocycles. The molecule has 0 bridgehead atoms. The molecule has 0 unspecified atom stereocenters. The number of hydrogen-bond acceptors (Lipinski definition) is 6. The summed E-state index contributed by atoms with van der Waals surface area (Å²) >= 11 is 0. The molecule has 1 heterocycles. The fourth-order valence-corrected chi connectivity index (χ4v) is 1.74. The van der Waals surface area contributed by atoms with Crippen molar-refractivity contribution >= 4 is 11.8 Å². The van der Waals surface area contributed by atoms with E-state index >= 15 is 0 Å². The number of nitro groups is 1. The molecule has 0 N–H and O–H groups in total. The van der Waals surface area contributed by atoms with Crippen LogP contribution in [0.4, 0.5) is 5.82 Å². The maximum Gasteiger partial charge on any atom is 0.406 e. The summed E-state index contributed by atoms with van der Waals surface area (Å²) in [5.74, 6) is -0.620. The van der Waals surface area contributed by atoms with Crippen LogP contribution in [0.3, 0.4) is 0 Å². The van der Waals surface area contributed by atoms with Gasteiger partial charge in [0.2, 0.25) is 5.75 Å². The van der Waals surface area contributed by atoms with Crippen LogP contribution in [0.25, 0.3) is 0 Å². The molecule has 0 amide bonds. The van der Waals surface area contributed by atoms with Gasteiger partial charge in [-0.25, -0.2) is 4.79 Å². The minimum Gasteiger partial charge on any atom is -0.481 e. The van der Waals surface area contributed by atoms with E-state index in [1.807, 2.05) is 0 Å². The molecule has 0 radical (unpaired) electrons. The fourth-order valence-electron chi connectivity index (χ4n) is 1.74. The number of hydrogen-bond donors (Lipinski definition) is 0. The van der Waals surface area contributed by atoms with Crippen molar-refractivity contribution in [2.75, 3.05) is 6.61 Å². The first-order valence-electron chi connectivity index (χ1n) is 6.60. The lowest BCUT2D eigenvalue weighted by Crippen LogP contribution is -2.05. The highest BCUT2D eigenvalue weighted by Gasteiger charge is 2.15. The van der Waals surface area contributed by atoms with Gasteiger partial charge in [0.25, 0.3) is 0 Å². The van der Waals surface area contributed by atoms with Crippen molar-refractivity contribution in [3.63, 3.8) is 0 Å². The third kappa shape index (κ3) is 3.78. The quantitative estimate of drug-likeness (QED) is 0.463. The molecule has 1 aromatic heterocycles. The van der Waals surface area contributed by atoms with E-state index in [1.165, 1.54) is 12.3 Å². The average molecular weight is 302 g/mol. The standard InChI is InChI=1S/C15H14N2O5/c1-2-21-15(18)12-7-5-11(6-8-12)10-22-13-4-3-9-16-14(13)17(19)20/h3-9H,2,10H2,1H3. The van der Waals surface area contributed by atoms with E-state index in [0.29, 0.717) is 12.2 Å². The van der Waals surface area contributed by atoms with Crippen LogP contribution >= 0.6 is 0 Å². The molecule has 0 fully saturated rings. The maximum absolute atomic E-state index is 11.5. The predicted octanol–water partition coefficient (Wildman–Crippen LogP) is 2.75. The summed E-state index contributed by atoms with van der Waals surface area (Å²) in [5, 5.41) is 10.8. The zero-order chi connectivity index (χ0) is 15.9. The first kappa shape index (κ1) is 15.4. The van der Waals surface area contributed by atoms with E-state index in [1.54, 1.807) is 37.3 Å². The summed E-state index contributed by atoms with van der Waals surface area (Å²) in [6, 6.07) is 9.69. The van der Waals surface area contributed by atoms with Crippen molar-refractivity contribution in [2.24, 2.45) is 0 Å². The van der Waals surface area contributed by atoms with Gasteiger partial charge in [-0.15, -0.1) is 0 Å². The van der Waals surface area contributed by atoms with E-state index in [0.717, 1.165) is 5.56 Å². The Bertz CT molecular complexity index is 670. The van der Waals surface area contributed by atoms with Gasteiger partial charge in [-0.2, -0.15) is 0 Å². The largest absolute Gasteiger partial charge is 0.481 e. The molecule has 0 saturated carbocycles. The SMILES string of the molecule is CCOC(=O)c1ccc(COc2cccnc2[N+](=O)[O-])cc1. The minimum atomic E-state index is -0.598. The number of rotatable bonds is 6. The van der Waals surface area contributed by atoms with Crippen molar-refractivity contribution in [1.82, 2.24) is 4.98 Å². The normalized spacial score (nSPS) is 10.0. The summed E-state index contributed by atoms with van der Waals surface area (Å²) in [7, 11) is 0. The lowest BCUT2D eigenvalue weighted by atomic mass is 10.1. The Kier molecular flexibility index (Phi) is 5.02. The summed E-state index contributed by atoms with van der Waals surface area (Å²) < 4.78 is 10.3. The summed E-state index contributed by atoms with van der Waals surface area (Å²) in [5.41, 5.74) is 1.21. The molecule has 114 valence electrons. The van der Waals surface area contributed by atoms with Gasteiger partial charge in [-0.3, -0.25) is 0 Å². The zero-order valence-electron chi connectivity index (χ0n) is 11.9. The Morgan fingerprint density at radius 1 is 1.27 bits per heavy atom. The van der Waals surface area contributed by atoms with Gasteiger partial charge >= 0.3 is 11.8 Å². The predicted molar refractivity (Wildman–Crippen MR) is 77.6 cm³/mol. The molecule has 0 atom stereocenters. The molecule has 0 aliphatic heterocycles. The molecule has 7 nitrogen and oxygen atoms in total. The van der Waals surface area contributed by atoms with E-state index < -0.39 is 10.9 Å². The average Bonchev–Trinajstić information content (AvgIpc) is 2.54. The summed E-state index contributed by atoms with van der Waals surface area (Å²) in [4.78, 5) is 25.4. The smallest absolute Gasteiger partial charge is 0.406 e. The third-order valence-corrected chi connectivity index (χ3v) is 2.78. The fraction of sp³-hybridized carbons (Fsp3) is 0.200. The molecule has 2 rings (SSSR count). The lowest BCUT2D eigenvalue weighted by molar-refractivity contribution is -0.390.